The second-order valence-electron chi connectivity index (χ2n) is 7.86. The number of hydrogen-bond donors (Lipinski definition) is 0. The number of ether oxygens (including phenoxy) is 1. The molecule has 3 rings (SSSR count). The third kappa shape index (κ3) is 4.54. The second kappa shape index (κ2) is 8.04. The van der Waals surface area contributed by atoms with Crippen molar-refractivity contribution in [3.63, 3.8) is 0 Å². The molecule has 0 atom stereocenters. The monoisotopic (exact) mass is 429 g/mol. The van der Waals surface area contributed by atoms with Crippen LogP contribution in [0.5, 0.6) is 5.75 Å². The Morgan fingerprint density at radius 3 is 2.31 bits per heavy atom. The lowest BCUT2D eigenvalue weighted by Gasteiger charge is -2.17. The van der Waals surface area contributed by atoms with Gasteiger partial charge in [-0.05, 0) is 74.6 Å². The van der Waals surface area contributed by atoms with Crippen LogP contribution in [0.1, 0.15) is 21.6 Å². The highest BCUT2D eigenvalue weighted by Crippen LogP contribution is 2.31. The van der Waals surface area contributed by atoms with Crippen molar-refractivity contribution in [3.8, 4) is 5.75 Å². The number of hydrogen-bond acceptors (Lipinski definition) is 4. The molecule has 1 aromatic heterocycles. The van der Waals surface area contributed by atoms with E-state index in [4.69, 9.17) is 20.8 Å². The van der Waals surface area contributed by atoms with Gasteiger partial charge in [0, 0.05) is 21.7 Å². The molecule has 7 heteroatoms. The van der Waals surface area contributed by atoms with Crippen LogP contribution in [-0.2, 0) is 15.6 Å². The number of aromatic nitrogens is 1. The molecule has 1 heterocycles. The van der Waals surface area contributed by atoms with Crippen molar-refractivity contribution in [2.45, 2.75) is 33.0 Å². The number of rotatable bonds is 5. The molecule has 0 fully saturated rings. The fourth-order valence-electron chi connectivity index (χ4n) is 3.32. The molecule has 2 aromatic carbocycles. The van der Waals surface area contributed by atoms with Crippen molar-refractivity contribution in [1.29, 1.82) is 0 Å². The van der Waals surface area contributed by atoms with Crippen molar-refractivity contribution in [2.75, 3.05) is 7.11 Å². The second-order valence-corrected chi connectivity index (χ2v) is 12.7. The number of carbonyl (C=O) groups is 2. The lowest BCUT2D eigenvalue weighted by molar-refractivity contribution is -0.134. The van der Waals surface area contributed by atoms with E-state index in [-0.39, 0.29) is 18.3 Å². The summed E-state index contributed by atoms with van der Waals surface area (Å²) in [5.74, 6) is 0.195. The van der Waals surface area contributed by atoms with Crippen LogP contribution in [-0.4, -0.2) is 31.9 Å². The Hall–Kier alpha value is -2.57. The number of fused-ring (bicyclic) bond motifs is 1. The van der Waals surface area contributed by atoms with Gasteiger partial charge in [-0.3, -0.25) is 14.2 Å². The normalized spacial score (nSPS) is 11.5. The summed E-state index contributed by atoms with van der Waals surface area (Å²) >= 11 is 5.96. The van der Waals surface area contributed by atoms with Gasteiger partial charge >= 0.3 is 0 Å². The Morgan fingerprint density at radius 1 is 1.07 bits per heavy atom. The Labute approximate surface area is 176 Å². The minimum atomic E-state index is -2.01. The minimum absolute atomic E-state index is 0.0979. The molecule has 152 valence electrons. The molecule has 0 aliphatic rings. The molecule has 5 nitrogen and oxygen atoms in total. The summed E-state index contributed by atoms with van der Waals surface area (Å²) in [5.41, 5.74) is 2.71. The smallest absolute Gasteiger partial charge is 0.297 e. The Kier molecular flexibility index (Phi) is 5.87. The van der Waals surface area contributed by atoms with Crippen molar-refractivity contribution < 1.29 is 18.8 Å². The molecule has 0 N–H and O–H groups in total. The molecule has 0 saturated carbocycles. The molecule has 0 spiro atoms. The van der Waals surface area contributed by atoms with Crippen molar-refractivity contribution in [3.05, 3.63) is 64.3 Å². The van der Waals surface area contributed by atoms with Crippen LogP contribution in [0.2, 0.25) is 24.7 Å². The first-order valence-corrected chi connectivity index (χ1v) is 13.1. The minimum Gasteiger partial charge on any atom is -0.520 e. The average Bonchev–Trinajstić information content (AvgIpc) is 2.91. The number of halogens is 1. The summed E-state index contributed by atoms with van der Waals surface area (Å²) in [7, 11) is -0.424. The van der Waals surface area contributed by atoms with Gasteiger partial charge < -0.3 is 9.16 Å². The molecule has 29 heavy (non-hydrogen) atoms. The summed E-state index contributed by atoms with van der Waals surface area (Å²) in [5, 5.41) is 1.37. The molecule has 3 aromatic rings. The van der Waals surface area contributed by atoms with Crippen LogP contribution in [0.15, 0.2) is 42.5 Å². The number of nitrogens with zero attached hydrogens (tertiary/aromatic N) is 1. The first-order chi connectivity index (χ1) is 13.6. The first-order valence-electron chi connectivity index (χ1n) is 9.31. The van der Waals surface area contributed by atoms with Gasteiger partial charge in [0.05, 0.1) is 19.0 Å². The van der Waals surface area contributed by atoms with E-state index in [1.54, 1.807) is 42.0 Å². The van der Waals surface area contributed by atoms with Gasteiger partial charge in [0.15, 0.2) is 0 Å². The Bertz CT molecular complexity index is 1080. The van der Waals surface area contributed by atoms with Crippen molar-refractivity contribution in [1.82, 2.24) is 4.57 Å². The standard InChI is InChI=1S/C22H24ClNO4Si/c1-14-18(13-21(25)28-29(3,4)5)19-12-17(27-2)10-11-20(19)24(14)22(26)15-6-8-16(23)9-7-15/h6-12H,13H2,1-5H3. The van der Waals surface area contributed by atoms with E-state index >= 15 is 0 Å². The molecule has 0 amide bonds. The SMILES string of the molecule is COc1ccc2c(c1)c(CC(=O)O[Si](C)(C)C)c(C)n2C(=O)c1ccc(Cl)cc1. The third-order valence-corrected chi connectivity index (χ3v) is 5.67. The zero-order chi connectivity index (χ0) is 21.3. The van der Waals surface area contributed by atoms with E-state index in [0.29, 0.717) is 22.0 Å². The van der Waals surface area contributed by atoms with E-state index in [1.807, 2.05) is 38.7 Å². The average molecular weight is 430 g/mol. The van der Waals surface area contributed by atoms with Crippen LogP contribution in [0, 0.1) is 6.92 Å². The molecule has 0 unspecified atom stereocenters. The molecule has 0 aliphatic carbocycles. The van der Waals surface area contributed by atoms with Gasteiger partial charge in [0.25, 0.3) is 11.9 Å². The molecule has 0 bridgehead atoms. The topological polar surface area (TPSA) is 57.5 Å². The van der Waals surface area contributed by atoms with Crippen LogP contribution in [0.4, 0.5) is 0 Å². The first kappa shape index (κ1) is 21.1. The van der Waals surface area contributed by atoms with Gasteiger partial charge in [0.1, 0.15) is 5.75 Å². The maximum atomic E-state index is 13.3. The fourth-order valence-corrected chi connectivity index (χ4v) is 4.20. The zero-order valence-electron chi connectivity index (χ0n) is 17.2. The quantitative estimate of drug-likeness (QED) is 0.521. The molecule has 0 radical (unpaired) electrons. The van der Waals surface area contributed by atoms with Gasteiger partial charge in [-0.15, -0.1) is 0 Å². The molecule has 0 saturated heterocycles. The summed E-state index contributed by atoms with van der Waals surface area (Å²) in [4.78, 5) is 25.8. The van der Waals surface area contributed by atoms with Crippen LogP contribution >= 0.6 is 11.6 Å². The van der Waals surface area contributed by atoms with Gasteiger partial charge in [-0.2, -0.15) is 0 Å². The van der Waals surface area contributed by atoms with E-state index in [2.05, 4.69) is 0 Å². The number of carbonyl (C=O) groups excluding carboxylic acids is 2. The maximum Gasteiger partial charge on any atom is 0.297 e. The highest BCUT2D eigenvalue weighted by atomic mass is 35.5. The van der Waals surface area contributed by atoms with Gasteiger partial charge in [0.2, 0.25) is 8.32 Å². The van der Waals surface area contributed by atoms with Gasteiger partial charge in [-0.25, -0.2) is 0 Å². The molecule has 0 aliphatic heterocycles. The van der Waals surface area contributed by atoms with Crippen LogP contribution < -0.4 is 4.74 Å². The maximum absolute atomic E-state index is 13.3. The van der Waals surface area contributed by atoms with Crippen molar-refractivity contribution in [2.24, 2.45) is 0 Å². The summed E-state index contributed by atoms with van der Waals surface area (Å²) in [6.07, 6.45) is 0.0979. The highest BCUT2D eigenvalue weighted by molar-refractivity contribution is 6.71. The number of methoxy groups -OCH3 is 1. The Balaban J connectivity index is 2.13. The van der Waals surface area contributed by atoms with Gasteiger partial charge in [-0.1, -0.05) is 11.6 Å². The third-order valence-electron chi connectivity index (χ3n) is 4.58. The predicted octanol–water partition coefficient (Wildman–Crippen LogP) is 5.22. The predicted molar refractivity (Wildman–Crippen MR) is 118 cm³/mol. The van der Waals surface area contributed by atoms with Crippen molar-refractivity contribution >= 4 is 42.7 Å². The van der Waals surface area contributed by atoms with E-state index in [9.17, 15) is 9.59 Å². The van der Waals surface area contributed by atoms with E-state index in [1.165, 1.54) is 0 Å². The summed E-state index contributed by atoms with van der Waals surface area (Å²) < 4.78 is 12.6. The van der Waals surface area contributed by atoms with E-state index < -0.39 is 8.32 Å². The molecular formula is C22H24ClNO4Si. The largest absolute Gasteiger partial charge is 0.520 e. The lowest BCUT2D eigenvalue weighted by atomic mass is 10.1. The van der Waals surface area contributed by atoms with E-state index in [0.717, 1.165) is 16.5 Å². The highest BCUT2D eigenvalue weighted by Gasteiger charge is 2.25. The summed E-state index contributed by atoms with van der Waals surface area (Å²) in [6.45, 7) is 7.74. The lowest BCUT2D eigenvalue weighted by Crippen LogP contribution is -2.30. The zero-order valence-corrected chi connectivity index (χ0v) is 19.0. The Morgan fingerprint density at radius 2 is 1.72 bits per heavy atom. The van der Waals surface area contributed by atoms with Crippen LogP contribution in [0.25, 0.3) is 10.9 Å². The summed E-state index contributed by atoms with van der Waals surface area (Å²) in [6, 6.07) is 12.2. The number of benzene rings is 2. The molecular weight excluding hydrogens is 406 g/mol. The fraction of sp³-hybridized carbons (Fsp3) is 0.273. The van der Waals surface area contributed by atoms with Crippen LogP contribution in [0.3, 0.4) is 0 Å².